The number of esters is 2. The highest BCUT2D eigenvalue weighted by molar-refractivity contribution is 5.90. The lowest BCUT2D eigenvalue weighted by molar-refractivity contribution is -0.160. The van der Waals surface area contributed by atoms with Gasteiger partial charge in [0, 0.05) is 0 Å². The van der Waals surface area contributed by atoms with E-state index in [2.05, 4.69) is 4.74 Å². The zero-order chi connectivity index (χ0) is 17.8. The number of methoxy groups -OCH3 is 1. The zero-order valence-electron chi connectivity index (χ0n) is 13.5. The molecule has 7 heteroatoms. The van der Waals surface area contributed by atoms with Crippen LogP contribution in [0.1, 0.15) is 42.6 Å². The molecule has 23 heavy (non-hydrogen) atoms. The van der Waals surface area contributed by atoms with Gasteiger partial charge in [0.15, 0.2) is 0 Å². The van der Waals surface area contributed by atoms with Gasteiger partial charge in [0.2, 0.25) is 0 Å². The van der Waals surface area contributed by atoms with Crippen molar-refractivity contribution in [2.24, 2.45) is 5.73 Å². The van der Waals surface area contributed by atoms with Crippen molar-refractivity contribution in [2.45, 2.75) is 38.3 Å². The third-order valence-corrected chi connectivity index (χ3v) is 3.01. The van der Waals surface area contributed by atoms with Crippen LogP contribution in [0.5, 0.6) is 0 Å². The second-order valence-corrected chi connectivity index (χ2v) is 5.99. The number of hydrogen-bond donors (Lipinski definition) is 2. The van der Waals surface area contributed by atoms with Crippen molar-refractivity contribution in [3.05, 3.63) is 35.4 Å². The molecule has 0 saturated carbocycles. The van der Waals surface area contributed by atoms with Gasteiger partial charge in [-0.05, 0) is 38.5 Å². The van der Waals surface area contributed by atoms with E-state index in [4.69, 9.17) is 15.6 Å². The van der Waals surface area contributed by atoms with Gasteiger partial charge in [-0.1, -0.05) is 12.1 Å². The Bertz CT molecular complexity index is 588. The van der Waals surface area contributed by atoms with Crippen LogP contribution in [0.3, 0.4) is 0 Å². The van der Waals surface area contributed by atoms with Gasteiger partial charge in [-0.25, -0.2) is 4.79 Å². The summed E-state index contributed by atoms with van der Waals surface area (Å²) in [5.41, 5.74) is 5.51. The molecule has 0 aromatic heterocycles. The van der Waals surface area contributed by atoms with Crippen molar-refractivity contribution in [2.75, 3.05) is 7.11 Å². The monoisotopic (exact) mass is 323 g/mol. The fourth-order valence-corrected chi connectivity index (χ4v) is 1.96. The summed E-state index contributed by atoms with van der Waals surface area (Å²) >= 11 is 0. The van der Waals surface area contributed by atoms with Crippen LogP contribution in [0.2, 0.25) is 0 Å². The first-order chi connectivity index (χ1) is 10.6. The SMILES string of the molecule is COC(=O)[C@H](N)C(C(=O)OC(C)(C)C)c1ccc(C(=O)O)cc1. The number of rotatable bonds is 5. The molecule has 0 amide bonds. The molecule has 7 nitrogen and oxygen atoms in total. The van der Waals surface area contributed by atoms with Crippen LogP contribution in [0.4, 0.5) is 0 Å². The fraction of sp³-hybridized carbons (Fsp3) is 0.438. The highest BCUT2D eigenvalue weighted by Gasteiger charge is 2.36. The summed E-state index contributed by atoms with van der Waals surface area (Å²) in [5, 5.41) is 8.92. The minimum Gasteiger partial charge on any atom is -0.478 e. The summed E-state index contributed by atoms with van der Waals surface area (Å²) in [6.07, 6.45) is 0. The molecule has 1 aromatic rings. The second-order valence-electron chi connectivity index (χ2n) is 5.99. The van der Waals surface area contributed by atoms with Crippen molar-refractivity contribution in [1.29, 1.82) is 0 Å². The molecule has 0 aliphatic carbocycles. The van der Waals surface area contributed by atoms with Gasteiger partial charge in [-0.2, -0.15) is 0 Å². The van der Waals surface area contributed by atoms with Crippen LogP contribution in [-0.2, 0) is 19.1 Å². The Morgan fingerprint density at radius 3 is 2.00 bits per heavy atom. The molecule has 0 aliphatic rings. The molecule has 0 heterocycles. The van der Waals surface area contributed by atoms with E-state index in [-0.39, 0.29) is 5.56 Å². The maximum Gasteiger partial charge on any atom is 0.335 e. The van der Waals surface area contributed by atoms with Crippen LogP contribution >= 0.6 is 0 Å². The summed E-state index contributed by atoms with van der Waals surface area (Å²) < 4.78 is 9.90. The maximum absolute atomic E-state index is 12.4. The van der Waals surface area contributed by atoms with Crippen LogP contribution in [0, 0.1) is 0 Å². The third kappa shape index (κ3) is 5.07. The molecule has 1 aromatic carbocycles. The van der Waals surface area contributed by atoms with E-state index >= 15 is 0 Å². The summed E-state index contributed by atoms with van der Waals surface area (Å²) in [6.45, 7) is 5.08. The lowest BCUT2D eigenvalue weighted by Gasteiger charge is -2.26. The molecule has 1 rings (SSSR count). The standard InChI is InChI=1S/C16H21NO6/c1-16(2,3)23-14(20)11(12(17)15(21)22-4)9-5-7-10(8-6-9)13(18)19/h5-8,11-12H,17H2,1-4H3,(H,18,19)/t11?,12-/m1/s1. The van der Waals surface area contributed by atoms with E-state index in [0.29, 0.717) is 5.56 Å². The van der Waals surface area contributed by atoms with E-state index in [9.17, 15) is 14.4 Å². The Balaban J connectivity index is 3.20. The van der Waals surface area contributed by atoms with E-state index in [1.54, 1.807) is 20.8 Å². The van der Waals surface area contributed by atoms with Gasteiger partial charge < -0.3 is 20.3 Å². The Morgan fingerprint density at radius 1 is 1.09 bits per heavy atom. The van der Waals surface area contributed by atoms with Crippen molar-refractivity contribution in [3.63, 3.8) is 0 Å². The first kappa shape index (κ1) is 18.6. The number of aromatic carboxylic acids is 1. The van der Waals surface area contributed by atoms with Crippen LogP contribution in [-0.4, -0.2) is 41.8 Å². The highest BCUT2D eigenvalue weighted by Crippen LogP contribution is 2.24. The summed E-state index contributed by atoms with van der Waals surface area (Å²) in [7, 11) is 1.17. The molecular formula is C16H21NO6. The van der Waals surface area contributed by atoms with E-state index in [1.165, 1.54) is 31.4 Å². The summed E-state index contributed by atoms with van der Waals surface area (Å²) in [5.74, 6) is -3.63. The van der Waals surface area contributed by atoms with Gasteiger partial charge in [0.05, 0.1) is 12.7 Å². The Kier molecular flexibility index (Phi) is 5.86. The molecule has 3 N–H and O–H groups in total. The Morgan fingerprint density at radius 2 is 1.61 bits per heavy atom. The molecule has 126 valence electrons. The van der Waals surface area contributed by atoms with Crippen LogP contribution in [0.15, 0.2) is 24.3 Å². The number of ether oxygens (including phenoxy) is 2. The average Bonchev–Trinajstić information content (AvgIpc) is 2.45. The molecule has 0 bridgehead atoms. The van der Waals surface area contributed by atoms with Crippen LogP contribution in [0.25, 0.3) is 0 Å². The van der Waals surface area contributed by atoms with E-state index in [0.717, 1.165) is 0 Å². The van der Waals surface area contributed by atoms with Gasteiger partial charge in [-0.15, -0.1) is 0 Å². The number of carbonyl (C=O) groups is 3. The number of carboxylic acid groups (broad SMARTS) is 1. The lowest BCUT2D eigenvalue weighted by atomic mass is 9.91. The topological polar surface area (TPSA) is 116 Å². The fourth-order valence-electron chi connectivity index (χ4n) is 1.96. The van der Waals surface area contributed by atoms with Crippen molar-refractivity contribution in [1.82, 2.24) is 0 Å². The maximum atomic E-state index is 12.4. The van der Waals surface area contributed by atoms with Crippen molar-refractivity contribution >= 4 is 17.9 Å². The van der Waals surface area contributed by atoms with Gasteiger partial charge in [0.1, 0.15) is 17.6 Å². The number of benzene rings is 1. The highest BCUT2D eigenvalue weighted by atomic mass is 16.6. The lowest BCUT2D eigenvalue weighted by Crippen LogP contribution is -2.43. The molecular weight excluding hydrogens is 302 g/mol. The zero-order valence-corrected chi connectivity index (χ0v) is 13.5. The average molecular weight is 323 g/mol. The minimum atomic E-state index is -1.26. The molecule has 0 spiro atoms. The largest absolute Gasteiger partial charge is 0.478 e. The Labute approximate surface area is 134 Å². The Hall–Kier alpha value is -2.41. The molecule has 0 aliphatic heterocycles. The number of carbonyl (C=O) groups excluding carboxylic acids is 2. The third-order valence-electron chi connectivity index (χ3n) is 3.01. The predicted octanol–water partition coefficient (Wildman–Crippen LogP) is 1.31. The summed E-state index contributed by atoms with van der Waals surface area (Å²) in [6, 6.07) is 4.27. The van der Waals surface area contributed by atoms with Gasteiger partial charge in [-0.3, -0.25) is 9.59 Å². The van der Waals surface area contributed by atoms with Crippen molar-refractivity contribution in [3.8, 4) is 0 Å². The predicted molar refractivity (Wildman–Crippen MR) is 82.0 cm³/mol. The van der Waals surface area contributed by atoms with Crippen LogP contribution < -0.4 is 5.73 Å². The quantitative estimate of drug-likeness (QED) is 0.785. The van der Waals surface area contributed by atoms with E-state index in [1.807, 2.05) is 0 Å². The minimum absolute atomic E-state index is 0.0586. The van der Waals surface area contributed by atoms with E-state index < -0.39 is 35.5 Å². The normalized spacial score (nSPS) is 13.8. The number of carboxylic acids is 1. The number of nitrogens with two attached hydrogens (primary N) is 1. The second kappa shape index (κ2) is 7.23. The molecule has 2 atom stereocenters. The molecule has 0 radical (unpaired) electrons. The molecule has 0 saturated heterocycles. The van der Waals surface area contributed by atoms with Crippen molar-refractivity contribution < 1.29 is 29.0 Å². The van der Waals surface area contributed by atoms with Gasteiger partial charge >= 0.3 is 17.9 Å². The smallest absolute Gasteiger partial charge is 0.335 e. The van der Waals surface area contributed by atoms with Gasteiger partial charge in [0.25, 0.3) is 0 Å². The molecule has 0 fully saturated rings. The first-order valence-corrected chi connectivity index (χ1v) is 6.96. The summed E-state index contributed by atoms with van der Waals surface area (Å²) in [4.78, 5) is 35.0. The first-order valence-electron chi connectivity index (χ1n) is 6.96. The molecule has 1 unspecified atom stereocenters. The number of hydrogen-bond acceptors (Lipinski definition) is 6.